The first kappa shape index (κ1) is 16.4. The van der Waals surface area contributed by atoms with Gasteiger partial charge in [0.05, 0.1) is 18.2 Å². The standard InChI is InChI=1S/C17H23N5O2/c1-21(2)13-4-6-19-14(9-13)17(23)20-12-5-7-24-16(8-12)15-10-18-11-22(15)3/h4,6,9-12,16H,5,7-8H2,1-3H3,(H,20,23)/t12-,16+/m0/s1. The molecule has 1 fully saturated rings. The van der Waals surface area contributed by atoms with E-state index in [0.29, 0.717) is 12.3 Å². The SMILES string of the molecule is CN(C)c1ccnc(C(=O)N[C@H]2CCO[C@@H](c3cncn3C)C2)c1. The van der Waals surface area contributed by atoms with Crippen molar-refractivity contribution in [3.8, 4) is 0 Å². The number of nitrogens with zero attached hydrogens (tertiary/aromatic N) is 4. The molecule has 1 amide bonds. The van der Waals surface area contributed by atoms with Crippen molar-refractivity contribution < 1.29 is 9.53 Å². The highest BCUT2D eigenvalue weighted by Gasteiger charge is 2.27. The molecule has 7 nitrogen and oxygen atoms in total. The van der Waals surface area contributed by atoms with Gasteiger partial charge in [-0.3, -0.25) is 9.78 Å². The molecule has 1 aliphatic heterocycles. The average Bonchev–Trinajstić information content (AvgIpc) is 3.01. The summed E-state index contributed by atoms with van der Waals surface area (Å²) >= 11 is 0. The maximum atomic E-state index is 12.5. The lowest BCUT2D eigenvalue weighted by Gasteiger charge is -2.30. The highest BCUT2D eigenvalue weighted by molar-refractivity contribution is 5.93. The Morgan fingerprint density at radius 3 is 3.00 bits per heavy atom. The van der Waals surface area contributed by atoms with Gasteiger partial charge in [0.15, 0.2) is 0 Å². The van der Waals surface area contributed by atoms with Crippen molar-refractivity contribution in [3.05, 3.63) is 42.2 Å². The van der Waals surface area contributed by atoms with Gasteiger partial charge in [-0.05, 0) is 25.0 Å². The summed E-state index contributed by atoms with van der Waals surface area (Å²) in [4.78, 5) is 22.8. The van der Waals surface area contributed by atoms with Gasteiger partial charge in [-0.15, -0.1) is 0 Å². The second kappa shape index (κ2) is 7.00. The van der Waals surface area contributed by atoms with E-state index in [0.717, 1.165) is 24.2 Å². The minimum absolute atomic E-state index is 0.0439. The van der Waals surface area contributed by atoms with E-state index in [1.807, 2.05) is 42.9 Å². The quantitative estimate of drug-likeness (QED) is 0.921. The normalized spacial score (nSPS) is 20.6. The first-order chi connectivity index (χ1) is 11.5. The molecule has 0 aliphatic carbocycles. The van der Waals surface area contributed by atoms with E-state index in [9.17, 15) is 4.79 Å². The molecule has 0 bridgehead atoms. The molecule has 1 saturated heterocycles. The Bertz CT molecular complexity index is 713. The van der Waals surface area contributed by atoms with Gasteiger partial charge in [0.25, 0.3) is 5.91 Å². The Morgan fingerprint density at radius 2 is 2.29 bits per heavy atom. The molecule has 0 spiro atoms. The molecule has 24 heavy (non-hydrogen) atoms. The molecule has 0 unspecified atom stereocenters. The molecule has 1 aliphatic rings. The first-order valence-electron chi connectivity index (χ1n) is 8.06. The zero-order chi connectivity index (χ0) is 17.1. The Kier molecular flexibility index (Phi) is 4.80. The lowest BCUT2D eigenvalue weighted by Crippen LogP contribution is -2.40. The highest BCUT2D eigenvalue weighted by atomic mass is 16.5. The molecule has 2 atom stereocenters. The van der Waals surface area contributed by atoms with Crippen LogP contribution in [0.2, 0.25) is 0 Å². The van der Waals surface area contributed by atoms with E-state index in [4.69, 9.17) is 4.74 Å². The summed E-state index contributed by atoms with van der Waals surface area (Å²) in [6, 6.07) is 3.74. The van der Waals surface area contributed by atoms with Crippen LogP contribution >= 0.6 is 0 Å². The van der Waals surface area contributed by atoms with Crippen LogP contribution in [0.1, 0.15) is 35.1 Å². The van der Waals surface area contributed by atoms with Crippen molar-refractivity contribution in [1.29, 1.82) is 0 Å². The number of aryl methyl sites for hydroxylation is 1. The van der Waals surface area contributed by atoms with Crippen molar-refractivity contribution in [3.63, 3.8) is 0 Å². The summed E-state index contributed by atoms with van der Waals surface area (Å²) in [7, 11) is 5.83. The number of nitrogens with one attached hydrogen (secondary N) is 1. The summed E-state index contributed by atoms with van der Waals surface area (Å²) in [5.74, 6) is -0.144. The van der Waals surface area contributed by atoms with Crippen molar-refractivity contribution in [1.82, 2.24) is 19.9 Å². The van der Waals surface area contributed by atoms with Crippen LogP contribution in [-0.2, 0) is 11.8 Å². The number of amides is 1. The third kappa shape index (κ3) is 3.56. The third-order valence-electron chi connectivity index (χ3n) is 4.30. The van der Waals surface area contributed by atoms with E-state index >= 15 is 0 Å². The molecular weight excluding hydrogens is 306 g/mol. The number of imidazole rings is 1. The van der Waals surface area contributed by atoms with Gasteiger partial charge in [-0.2, -0.15) is 0 Å². The zero-order valence-electron chi connectivity index (χ0n) is 14.3. The number of carbonyl (C=O) groups is 1. The van der Waals surface area contributed by atoms with E-state index in [1.165, 1.54) is 0 Å². The smallest absolute Gasteiger partial charge is 0.270 e. The summed E-state index contributed by atoms with van der Waals surface area (Å²) in [5.41, 5.74) is 2.42. The largest absolute Gasteiger partial charge is 0.378 e. The second-order valence-corrected chi connectivity index (χ2v) is 6.28. The molecule has 0 aromatic carbocycles. The lowest BCUT2D eigenvalue weighted by molar-refractivity contribution is -0.00305. The van der Waals surface area contributed by atoms with Gasteiger partial charge in [-0.1, -0.05) is 0 Å². The Hall–Kier alpha value is -2.41. The predicted molar refractivity (Wildman–Crippen MR) is 91.0 cm³/mol. The van der Waals surface area contributed by atoms with Crippen LogP contribution in [0.3, 0.4) is 0 Å². The second-order valence-electron chi connectivity index (χ2n) is 6.28. The molecule has 1 N–H and O–H groups in total. The molecule has 128 valence electrons. The summed E-state index contributed by atoms with van der Waals surface area (Å²) in [6.07, 6.45) is 6.73. The Labute approximate surface area is 141 Å². The summed E-state index contributed by atoms with van der Waals surface area (Å²) in [5, 5.41) is 3.08. The van der Waals surface area contributed by atoms with Gasteiger partial charge in [0, 0.05) is 45.7 Å². The maximum absolute atomic E-state index is 12.5. The fourth-order valence-corrected chi connectivity index (χ4v) is 2.89. The fourth-order valence-electron chi connectivity index (χ4n) is 2.89. The van der Waals surface area contributed by atoms with E-state index in [1.54, 1.807) is 18.6 Å². The number of carbonyl (C=O) groups excluding carboxylic acids is 1. The van der Waals surface area contributed by atoms with E-state index in [-0.39, 0.29) is 18.1 Å². The molecule has 7 heteroatoms. The van der Waals surface area contributed by atoms with Gasteiger partial charge < -0.3 is 19.5 Å². The minimum Gasteiger partial charge on any atom is -0.378 e. The molecule has 3 heterocycles. The minimum atomic E-state index is -0.144. The van der Waals surface area contributed by atoms with Crippen LogP contribution in [0.5, 0.6) is 0 Å². The number of hydrogen-bond acceptors (Lipinski definition) is 5. The maximum Gasteiger partial charge on any atom is 0.270 e. The number of ether oxygens (including phenoxy) is 1. The van der Waals surface area contributed by atoms with E-state index in [2.05, 4.69) is 15.3 Å². The predicted octanol–water partition coefficient (Wildman–Crippen LogP) is 1.53. The van der Waals surface area contributed by atoms with Crippen LogP contribution in [-0.4, -0.2) is 47.2 Å². The first-order valence-corrected chi connectivity index (χ1v) is 8.06. The highest BCUT2D eigenvalue weighted by Crippen LogP contribution is 2.27. The molecule has 3 rings (SSSR count). The molecule has 0 radical (unpaired) electrons. The molecule has 2 aromatic rings. The van der Waals surface area contributed by atoms with Crippen molar-refractivity contribution in [2.45, 2.75) is 25.0 Å². The van der Waals surface area contributed by atoms with Crippen molar-refractivity contribution >= 4 is 11.6 Å². The number of anilines is 1. The molecule has 0 saturated carbocycles. The summed E-state index contributed by atoms with van der Waals surface area (Å²) < 4.78 is 7.79. The Morgan fingerprint density at radius 1 is 1.46 bits per heavy atom. The third-order valence-corrected chi connectivity index (χ3v) is 4.30. The monoisotopic (exact) mass is 329 g/mol. The average molecular weight is 329 g/mol. The van der Waals surface area contributed by atoms with Crippen molar-refractivity contribution in [2.75, 3.05) is 25.6 Å². The molecule has 2 aromatic heterocycles. The number of rotatable bonds is 4. The topological polar surface area (TPSA) is 72.3 Å². The number of hydrogen-bond donors (Lipinski definition) is 1. The van der Waals surface area contributed by atoms with Gasteiger partial charge in [0.2, 0.25) is 0 Å². The number of pyridine rings is 1. The van der Waals surface area contributed by atoms with Crippen LogP contribution < -0.4 is 10.2 Å². The van der Waals surface area contributed by atoms with Gasteiger partial charge in [-0.25, -0.2) is 4.98 Å². The van der Waals surface area contributed by atoms with Crippen molar-refractivity contribution in [2.24, 2.45) is 7.05 Å². The van der Waals surface area contributed by atoms with Gasteiger partial charge in [0.1, 0.15) is 11.8 Å². The fraction of sp³-hybridized carbons (Fsp3) is 0.471. The van der Waals surface area contributed by atoms with E-state index < -0.39 is 0 Å². The summed E-state index contributed by atoms with van der Waals surface area (Å²) in [6.45, 7) is 0.617. The van der Waals surface area contributed by atoms with Gasteiger partial charge >= 0.3 is 0 Å². The van der Waals surface area contributed by atoms with Crippen LogP contribution in [0.25, 0.3) is 0 Å². The lowest BCUT2D eigenvalue weighted by atomic mass is 10.0. The Balaban J connectivity index is 1.66. The van der Waals surface area contributed by atoms with Crippen LogP contribution in [0.4, 0.5) is 5.69 Å². The zero-order valence-corrected chi connectivity index (χ0v) is 14.3. The van der Waals surface area contributed by atoms with Crippen LogP contribution in [0, 0.1) is 0 Å². The molecular formula is C17H23N5O2. The van der Waals surface area contributed by atoms with Crippen LogP contribution in [0.15, 0.2) is 30.9 Å². The number of aromatic nitrogens is 3.